The van der Waals surface area contributed by atoms with Gasteiger partial charge in [-0.05, 0) is 30.3 Å². The van der Waals surface area contributed by atoms with Gasteiger partial charge in [0.15, 0.2) is 11.5 Å². The molecule has 0 spiro atoms. The maximum atomic E-state index is 13.0. The largest absolute Gasteiger partial charge is 0.493 e. The summed E-state index contributed by atoms with van der Waals surface area (Å²) < 4.78 is 24.3. The molecule has 1 N–H and O–H groups in total. The van der Waals surface area contributed by atoms with Crippen molar-refractivity contribution in [2.45, 2.75) is 6.61 Å². The molecule has 110 valence electrons. The molecule has 21 heavy (non-hydrogen) atoms. The Bertz CT molecular complexity index is 673. The van der Waals surface area contributed by atoms with Crippen molar-refractivity contribution in [1.82, 2.24) is 0 Å². The van der Waals surface area contributed by atoms with Crippen LogP contribution in [0.15, 0.2) is 40.9 Å². The highest BCUT2D eigenvalue weighted by molar-refractivity contribution is 9.10. The molecule has 0 bridgehead atoms. The fourth-order valence-electron chi connectivity index (χ4n) is 1.72. The number of rotatable bonds is 5. The third-order valence-corrected chi connectivity index (χ3v) is 3.55. The molecule has 0 unspecified atom stereocenters. The van der Waals surface area contributed by atoms with E-state index in [0.29, 0.717) is 16.0 Å². The predicted octanol–water partition coefficient (Wildman–Crippen LogP) is 3.87. The molecule has 0 fully saturated rings. The number of benzene rings is 2. The molecule has 0 aliphatic heterocycles. The van der Waals surface area contributed by atoms with Crippen molar-refractivity contribution < 1.29 is 23.8 Å². The number of halogens is 2. The second kappa shape index (κ2) is 6.58. The molecular weight excluding hydrogens is 343 g/mol. The summed E-state index contributed by atoms with van der Waals surface area (Å²) in [6.45, 7) is 0.153. The van der Waals surface area contributed by atoms with E-state index < -0.39 is 5.97 Å². The standard InChI is InChI=1S/C15H12BrFO4/c1-20-13-5-3-9(15(18)19)6-14(13)21-8-10-2-4-11(17)7-12(10)16/h2-7H,8H2,1H3,(H,18,19). The van der Waals surface area contributed by atoms with Crippen molar-refractivity contribution in [2.75, 3.05) is 7.11 Å². The Morgan fingerprint density at radius 2 is 2.00 bits per heavy atom. The number of hydrogen-bond donors (Lipinski definition) is 1. The van der Waals surface area contributed by atoms with Gasteiger partial charge in [0, 0.05) is 10.0 Å². The Morgan fingerprint density at radius 3 is 2.62 bits per heavy atom. The first-order valence-electron chi connectivity index (χ1n) is 5.99. The van der Waals surface area contributed by atoms with E-state index >= 15 is 0 Å². The van der Waals surface area contributed by atoms with E-state index in [-0.39, 0.29) is 18.0 Å². The molecular formula is C15H12BrFO4. The van der Waals surface area contributed by atoms with Gasteiger partial charge in [0.1, 0.15) is 12.4 Å². The summed E-state index contributed by atoms with van der Waals surface area (Å²) in [6.07, 6.45) is 0. The highest BCUT2D eigenvalue weighted by atomic mass is 79.9. The second-order valence-corrected chi connectivity index (χ2v) is 5.05. The third-order valence-electron chi connectivity index (χ3n) is 2.81. The molecule has 0 amide bonds. The summed E-state index contributed by atoms with van der Waals surface area (Å²) in [5.74, 6) is -0.659. The van der Waals surface area contributed by atoms with Crippen LogP contribution >= 0.6 is 15.9 Å². The molecule has 4 nitrogen and oxygen atoms in total. The van der Waals surface area contributed by atoms with Crippen LogP contribution in [0, 0.1) is 5.82 Å². The quantitative estimate of drug-likeness (QED) is 0.885. The molecule has 0 aliphatic rings. The molecule has 0 aliphatic carbocycles. The van der Waals surface area contributed by atoms with E-state index in [1.54, 1.807) is 6.07 Å². The molecule has 2 aromatic rings. The van der Waals surface area contributed by atoms with Gasteiger partial charge in [-0.3, -0.25) is 0 Å². The third kappa shape index (κ3) is 3.72. The summed E-state index contributed by atoms with van der Waals surface area (Å²) in [6, 6.07) is 8.60. The number of aromatic carboxylic acids is 1. The lowest BCUT2D eigenvalue weighted by atomic mass is 10.2. The van der Waals surface area contributed by atoms with E-state index in [0.717, 1.165) is 5.56 Å². The van der Waals surface area contributed by atoms with Crippen LogP contribution < -0.4 is 9.47 Å². The van der Waals surface area contributed by atoms with Crippen LogP contribution in [-0.4, -0.2) is 18.2 Å². The lowest BCUT2D eigenvalue weighted by Crippen LogP contribution is -2.02. The highest BCUT2D eigenvalue weighted by Gasteiger charge is 2.11. The fourth-order valence-corrected chi connectivity index (χ4v) is 2.18. The molecule has 0 saturated carbocycles. The Balaban J connectivity index is 2.22. The molecule has 0 saturated heterocycles. The second-order valence-electron chi connectivity index (χ2n) is 4.20. The normalized spacial score (nSPS) is 10.2. The Morgan fingerprint density at radius 1 is 1.24 bits per heavy atom. The monoisotopic (exact) mass is 354 g/mol. The number of hydrogen-bond acceptors (Lipinski definition) is 3. The lowest BCUT2D eigenvalue weighted by molar-refractivity contribution is 0.0696. The average Bonchev–Trinajstić information content (AvgIpc) is 2.46. The molecule has 6 heteroatoms. The SMILES string of the molecule is COc1ccc(C(=O)O)cc1OCc1ccc(F)cc1Br. The van der Waals surface area contributed by atoms with Gasteiger partial charge in [-0.2, -0.15) is 0 Å². The van der Waals surface area contributed by atoms with Crippen LogP contribution in [0.5, 0.6) is 11.5 Å². The number of methoxy groups -OCH3 is 1. The number of carbonyl (C=O) groups is 1. The van der Waals surface area contributed by atoms with Gasteiger partial charge in [-0.15, -0.1) is 0 Å². The minimum Gasteiger partial charge on any atom is -0.493 e. The van der Waals surface area contributed by atoms with Crippen molar-refractivity contribution in [3.05, 3.63) is 57.8 Å². The zero-order valence-corrected chi connectivity index (χ0v) is 12.7. The van der Waals surface area contributed by atoms with Crippen molar-refractivity contribution >= 4 is 21.9 Å². The fraction of sp³-hybridized carbons (Fsp3) is 0.133. The maximum Gasteiger partial charge on any atom is 0.335 e. The van der Waals surface area contributed by atoms with Crippen molar-refractivity contribution in [1.29, 1.82) is 0 Å². The van der Waals surface area contributed by atoms with Gasteiger partial charge in [0.25, 0.3) is 0 Å². The van der Waals surface area contributed by atoms with E-state index in [1.165, 1.54) is 37.4 Å². The molecule has 2 aromatic carbocycles. The smallest absolute Gasteiger partial charge is 0.335 e. The molecule has 0 atom stereocenters. The van der Waals surface area contributed by atoms with Crippen molar-refractivity contribution in [2.24, 2.45) is 0 Å². The molecule has 2 rings (SSSR count). The predicted molar refractivity (Wildman–Crippen MR) is 78.4 cm³/mol. The van der Waals surface area contributed by atoms with Crippen LogP contribution in [0.25, 0.3) is 0 Å². The van der Waals surface area contributed by atoms with Crippen LogP contribution in [0.3, 0.4) is 0 Å². The first-order valence-corrected chi connectivity index (χ1v) is 6.78. The van der Waals surface area contributed by atoms with E-state index in [4.69, 9.17) is 14.6 Å². The summed E-state index contributed by atoms with van der Waals surface area (Å²) in [5, 5.41) is 8.99. The maximum absolute atomic E-state index is 13.0. The molecule has 0 heterocycles. The Hall–Kier alpha value is -2.08. The van der Waals surface area contributed by atoms with E-state index in [1.807, 2.05) is 0 Å². The zero-order chi connectivity index (χ0) is 15.4. The number of ether oxygens (including phenoxy) is 2. The molecule has 0 aromatic heterocycles. The van der Waals surface area contributed by atoms with Crippen LogP contribution in [0.1, 0.15) is 15.9 Å². The van der Waals surface area contributed by atoms with Gasteiger partial charge in [0.05, 0.1) is 12.7 Å². The van der Waals surface area contributed by atoms with Crippen molar-refractivity contribution in [3.8, 4) is 11.5 Å². The first kappa shape index (κ1) is 15.3. The summed E-state index contributed by atoms with van der Waals surface area (Å²) in [7, 11) is 1.47. The van der Waals surface area contributed by atoms with Crippen LogP contribution in [-0.2, 0) is 6.61 Å². The van der Waals surface area contributed by atoms with Crippen LogP contribution in [0.2, 0.25) is 0 Å². The summed E-state index contributed by atoms with van der Waals surface area (Å²) >= 11 is 3.25. The Labute approximate surface area is 129 Å². The van der Waals surface area contributed by atoms with E-state index in [2.05, 4.69) is 15.9 Å². The summed E-state index contributed by atoms with van der Waals surface area (Å²) in [4.78, 5) is 11.0. The van der Waals surface area contributed by atoms with Gasteiger partial charge in [-0.25, -0.2) is 9.18 Å². The highest BCUT2D eigenvalue weighted by Crippen LogP contribution is 2.29. The van der Waals surface area contributed by atoms with Crippen molar-refractivity contribution in [3.63, 3.8) is 0 Å². The Kier molecular flexibility index (Phi) is 4.80. The lowest BCUT2D eigenvalue weighted by Gasteiger charge is -2.12. The molecule has 0 radical (unpaired) electrons. The van der Waals surface area contributed by atoms with Crippen LogP contribution in [0.4, 0.5) is 4.39 Å². The number of carboxylic acids is 1. The summed E-state index contributed by atoms with van der Waals surface area (Å²) in [5.41, 5.74) is 0.836. The van der Waals surface area contributed by atoms with E-state index in [9.17, 15) is 9.18 Å². The minimum atomic E-state index is -1.05. The van der Waals surface area contributed by atoms with Gasteiger partial charge < -0.3 is 14.6 Å². The van der Waals surface area contributed by atoms with Gasteiger partial charge in [0.2, 0.25) is 0 Å². The minimum absolute atomic E-state index is 0.101. The van der Waals surface area contributed by atoms with Gasteiger partial charge in [-0.1, -0.05) is 22.0 Å². The van der Waals surface area contributed by atoms with Gasteiger partial charge >= 0.3 is 5.97 Å². The first-order chi connectivity index (χ1) is 10.0. The zero-order valence-electron chi connectivity index (χ0n) is 11.1. The topological polar surface area (TPSA) is 55.8 Å². The number of carboxylic acid groups (broad SMARTS) is 1. The average molecular weight is 355 g/mol.